The van der Waals surface area contributed by atoms with Crippen molar-refractivity contribution in [2.24, 2.45) is 5.73 Å². The van der Waals surface area contributed by atoms with Crippen LogP contribution in [0.4, 0.5) is 0 Å². The molecule has 3 aromatic rings. The van der Waals surface area contributed by atoms with Gasteiger partial charge in [-0.3, -0.25) is 0 Å². The first kappa shape index (κ1) is 19.2. The Balaban J connectivity index is 1.31. The second kappa shape index (κ2) is 9.94. The summed E-state index contributed by atoms with van der Waals surface area (Å²) in [6.45, 7) is 5.28. The van der Waals surface area contributed by atoms with E-state index < -0.39 is 0 Å². The fourth-order valence-corrected chi connectivity index (χ4v) is 2.85. The van der Waals surface area contributed by atoms with Crippen molar-refractivity contribution < 1.29 is 13.9 Å². The third-order valence-corrected chi connectivity index (χ3v) is 4.09. The van der Waals surface area contributed by atoms with E-state index in [0.717, 1.165) is 54.1 Å². The molecule has 0 aliphatic carbocycles. The second-order valence-corrected chi connectivity index (χ2v) is 6.36. The molecular formula is C21H27N3O3. The van der Waals surface area contributed by atoms with Crippen LogP contribution >= 0.6 is 0 Å². The van der Waals surface area contributed by atoms with E-state index in [1.165, 1.54) is 0 Å². The van der Waals surface area contributed by atoms with E-state index in [1.807, 2.05) is 49.4 Å². The predicted molar refractivity (Wildman–Crippen MR) is 106 cm³/mol. The zero-order valence-electron chi connectivity index (χ0n) is 15.7. The lowest BCUT2D eigenvalue weighted by atomic mass is 10.2. The van der Waals surface area contributed by atoms with Gasteiger partial charge in [0.15, 0.2) is 0 Å². The van der Waals surface area contributed by atoms with E-state index in [1.54, 1.807) is 0 Å². The Morgan fingerprint density at radius 1 is 1.07 bits per heavy atom. The SMILES string of the molecule is Cc1cc2cc(OCCNCCCc3cccc(OCCN)n3)ccc2o1. The Kier molecular flexibility index (Phi) is 7.07. The van der Waals surface area contributed by atoms with Crippen LogP contribution in [0.3, 0.4) is 0 Å². The summed E-state index contributed by atoms with van der Waals surface area (Å²) in [5, 5.41) is 4.47. The van der Waals surface area contributed by atoms with Crippen molar-refractivity contribution in [1.82, 2.24) is 10.3 Å². The molecule has 0 saturated carbocycles. The van der Waals surface area contributed by atoms with Crippen LogP contribution < -0.4 is 20.5 Å². The molecule has 6 nitrogen and oxygen atoms in total. The number of nitrogens with one attached hydrogen (secondary N) is 1. The van der Waals surface area contributed by atoms with Crippen LogP contribution in [0.25, 0.3) is 11.0 Å². The smallest absolute Gasteiger partial charge is 0.213 e. The Bertz CT molecular complexity index is 848. The van der Waals surface area contributed by atoms with E-state index in [2.05, 4.69) is 10.3 Å². The quantitative estimate of drug-likeness (QED) is 0.506. The maximum absolute atomic E-state index is 5.80. The van der Waals surface area contributed by atoms with Crippen LogP contribution in [-0.4, -0.2) is 37.8 Å². The summed E-state index contributed by atoms with van der Waals surface area (Å²) in [6.07, 6.45) is 1.91. The third kappa shape index (κ3) is 5.98. The largest absolute Gasteiger partial charge is 0.492 e. The molecule has 3 N–H and O–H groups in total. The van der Waals surface area contributed by atoms with Crippen molar-refractivity contribution in [2.75, 3.05) is 32.8 Å². The molecule has 0 atom stereocenters. The monoisotopic (exact) mass is 369 g/mol. The summed E-state index contributed by atoms with van der Waals surface area (Å²) in [6, 6.07) is 13.8. The molecule has 0 fully saturated rings. The molecule has 6 heteroatoms. The maximum Gasteiger partial charge on any atom is 0.213 e. The Labute approximate surface area is 159 Å². The molecule has 144 valence electrons. The Hall–Kier alpha value is -2.57. The summed E-state index contributed by atoms with van der Waals surface area (Å²) in [5.41, 5.74) is 7.37. The average molecular weight is 369 g/mol. The summed E-state index contributed by atoms with van der Waals surface area (Å²) in [4.78, 5) is 4.47. The summed E-state index contributed by atoms with van der Waals surface area (Å²) < 4.78 is 16.8. The van der Waals surface area contributed by atoms with Gasteiger partial charge in [0.1, 0.15) is 30.3 Å². The second-order valence-electron chi connectivity index (χ2n) is 6.36. The molecule has 0 aliphatic heterocycles. The fraction of sp³-hybridized carbons (Fsp3) is 0.381. The lowest BCUT2D eigenvalue weighted by Crippen LogP contribution is -2.22. The maximum atomic E-state index is 5.80. The molecule has 1 aromatic carbocycles. The van der Waals surface area contributed by atoms with Crippen molar-refractivity contribution in [1.29, 1.82) is 0 Å². The van der Waals surface area contributed by atoms with Crippen LogP contribution in [0.1, 0.15) is 17.9 Å². The number of nitrogens with two attached hydrogens (primary N) is 1. The number of aryl methyl sites for hydroxylation is 2. The number of fused-ring (bicyclic) bond motifs is 1. The lowest BCUT2D eigenvalue weighted by molar-refractivity contribution is 0.313. The van der Waals surface area contributed by atoms with Gasteiger partial charge in [0.05, 0.1) is 0 Å². The van der Waals surface area contributed by atoms with Gasteiger partial charge >= 0.3 is 0 Å². The number of furan rings is 1. The van der Waals surface area contributed by atoms with Crippen molar-refractivity contribution in [2.45, 2.75) is 19.8 Å². The predicted octanol–water partition coefficient (Wildman–Crippen LogP) is 3.07. The van der Waals surface area contributed by atoms with Crippen LogP contribution in [0.2, 0.25) is 0 Å². The molecule has 0 unspecified atom stereocenters. The van der Waals surface area contributed by atoms with Gasteiger partial charge in [-0.1, -0.05) is 6.07 Å². The third-order valence-electron chi connectivity index (χ3n) is 4.09. The first-order valence-electron chi connectivity index (χ1n) is 9.37. The molecule has 2 heterocycles. The van der Waals surface area contributed by atoms with Crippen molar-refractivity contribution in [3.05, 3.63) is 53.9 Å². The highest BCUT2D eigenvalue weighted by Crippen LogP contribution is 2.23. The van der Waals surface area contributed by atoms with Crippen molar-refractivity contribution in [3.63, 3.8) is 0 Å². The molecule has 0 bridgehead atoms. The number of pyridine rings is 1. The van der Waals surface area contributed by atoms with Gasteiger partial charge in [0.25, 0.3) is 0 Å². The van der Waals surface area contributed by atoms with E-state index in [0.29, 0.717) is 25.6 Å². The first-order valence-corrected chi connectivity index (χ1v) is 9.37. The summed E-state index contributed by atoms with van der Waals surface area (Å²) >= 11 is 0. The topological polar surface area (TPSA) is 82.5 Å². The Morgan fingerprint density at radius 3 is 2.89 bits per heavy atom. The molecule has 0 radical (unpaired) electrons. The number of rotatable bonds is 11. The molecule has 2 aromatic heterocycles. The van der Waals surface area contributed by atoms with Gasteiger partial charge in [0, 0.05) is 30.2 Å². The van der Waals surface area contributed by atoms with Gasteiger partial charge in [-0.15, -0.1) is 0 Å². The van der Waals surface area contributed by atoms with Gasteiger partial charge in [-0.25, -0.2) is 4.98 Å². The number of nitrogens with zero attached hydrogens (tertiary/aromatic N) is 1. The number of hydrogen-bond donors (Lipinski definition) is 2. The van der Waals surface area contributed by atoms with E-state index in [9.17, 15) is 0 Å². The lowest BCUT2D eigenvalue weighted by Gasteiger charge is -2.08. The van der Waals surface area contributed by atoms with Crippen molar-refractivity contribution >= 4 is 11.0 Å². The number of hydrogen-bond acceptors (Lipinski definition) is 6. The van der Waals surface area contributed by atoms with Crippen molar-refractivity contribution in [3.8, 4) is 11.6 Å². The van der Waals surface area contributed by atoms with Crippen LogP contribution in [0.5, 0.6) is 11.6 Å². The number of benzene rings is 1. The summed E-state index contributed by atoms with van der Waals surface area (Å²) in [7, 11) is 0. The normalized spacial score (nSPS) is 11.0. The average Bonchev–Trinajstić information content (AvgIpc) is 3.05. The molecule has 0 amide bonds. The van der Waals surface area contributed by atoms with Crippen LogP contribution in [-0.2, 0) is 6.42 Å². The Morgan fingerprint density at radius 2 is 2.00 bits per heavy atom. The zero-order chi connectivity index (χ0) is 18.9. The van der Waals surface area contributed by atoms with E-state index in [4.69, 9.17) is 19.6 Å². The fourth-order valence-electron chi connectivity index (χ4n) is 2.85. The van der Waals surface area contributed by atoms with Crippen LogP contribution in [0.15, 0.2) is 46.9 Å². The summed E-state index contributed by atoms with van der Waals surface area (Å²) in [5.74, 6) is 2.42. The highest BCUT2D eigenvalue weighted by atomic mass is 16.5. The minimum absolute atomic E-state index is 0.491. The molecule has 27 heavy (non-hydrogen) atoms. The first-order chi connectivity index (χ1) is 13.2. The van der Waals surface area contributed by atoms with Gasteiger partial charge < -0.3 is 24.9 Å². The van der Waals surface area contributed by atoms with Gasteiger partial charge in [-0.05, 0) is 56.6 Å². The minimum atomic E-state index is 0.491. The highest BCUT2D eigenvalue weighted by molar-refractivity contribution is 5.79. The molecular weight excluding hydrogens is 342 g/mol. The molecule has 0 saturated heterocycles. The standard InChI is InChI=1S/C21H27N3O3/c1-16-14-17-15-19(7-8-20(17)27-16)25-13-11-23-10-3-5-18-4-2-6-21(24-18)26-12-9-22/h2,4,6-8,14-15,23H,3,5,9-13,22H2,1H3. The van der Waals surface area contributed by atoms with Gasteiger partial charge in [-0.2, -0.15) is 0 Å². The highest BCUT2D eigenvalue weighted by Gasteiger charge is 2.02. The van der Waals surface area contributed by atoms with E-state index >= 15 is 0 Å². The van der Waals surface area contributed by atoms with E-state index in [-0.39, 0.29) is 0 Å². The zero-order valence-corrected chi connectivity index (χ0v) is 15.7. The molecule has 0 aliphatic rings. The van der Waals surface area contributed by atoms with Gasteiger partial charge in [0.2, 0.25) is 5.88 Å². The molecule has 0 spiro atoms. The molecule has 3 rings (SSSR count). The van der Waals surface area contributed by atoms with Crippen LogP contribution in [0, 0.1) is 6.92 Å². The minimum Gasteiger partial charge on any atom is -0.492 e. The number of aromatic nitrogens is 1. The number of ether oxygens (including phenoxy) is 2.